The molecule has 1 aliphatic rings. The number of rotatable bonds is 5. The van der Waals surface area contributed by atoms with Crippen LogP contribution in [0.5, 0.6) is 0 Å². The molecule has 0 saturated heterocycles. The number of fused-ring (bicyclic) bond motifs is 1. The summed E-state index contributed by atoms with van der Waals surface area (Å²) in [5, 5.41) is 3.73. The maximum Gasteiger partial charge on any atom is 0.262 e. The molecule has 3 aromatic rings. The van der Waals surface area contributed by atoms with Crippen molar-refractivity contribution in [1.82, 2.24) is 0 Å². The second kappa shape index (κ2) is 8.46. The summed E-state index contributed by atoms with van der Waals surface area (Å²) in [6.07, 6.45) is 3.37. The van der Waals surface area contributed by atoms with Gasteiger partial charge in [-0.3, -0.25) is 4.57 Å². The van der Waals surface area contributed by atoms with Gasteiger partial charge in [-0.25, -0.2) is 0 Å². The smallest absolute Gasteiger partial charge is 0.262 e. The lowest BCUT2D eigenvalue weighted by molar-refractivity contribution is 0.0514. The third-order valence-electron chi connectivity index (χ3n) is 6.43. The molecule has 0 bridgehead atoms. The average Bonchev–Trinajstić information content (AvgIpc) is 2.73. The molecular weight excluding hydrogens is 375 g/mol. The van der Waals surface area contributed by atoms with Gasteiger partial charge in [0, 0.05) is 10.6 Å². The Bertz CT molecular complexity index is 1010. The second-order valence-electron chi connectivity index (χ2n) is 8.86. The fourth-order valence-electron chi connectivity index (χ4n) is 4.77. The SMILES string of the molecule is CC(C)[C@@H]1CC[C@@H](C)C[C@H]1O[P@@](=O)(c1ccccc1)c1cccc2ccccc12. The summed E-state index contributed by atoms with van der Waals surface area (Å²) < 4.78 is 21.5. The molecule has 1 fully saturated rings. The van der Waals surface area contributed by atoms with E-state index in [9.17, 15) is 4.57 Å². The van der Waals surface area contributed by atoms with Crippen molar-refractivity contribution in [2.75, 3.05) is 0 Å². The zero-order chi connectivity index (χ0) is 20.4. The fraction of sp³-hybridized carbons (Fsp3) is 0.385. The van der Waals surface area contributed by atoms with Gasteiger partial charge in [-0.15, -0.1) is 0 Å². The van der Waals surface area contributed by atoms with Gasteiger partial charge < -0.3 is 4.52 Å². The Morgan fingerprint density at radius 1 is 0.897 bits per heavy atom. The minimum absolute atomic E-state index is 0.0174. The van der Waals surface area contributed by atoms with Crippen molar-refractivity contribution in [2.45, 2.75) is 46.1 Å². The summed E-state index contributed by atoms with van der Waals surface area (Å²) in [5.74, 6) is 1.56. The van der Waals surface area contributed by atoms with Crippen LogP contribution in [0.4, 0.5) is 0 Å². The normalized spacial score (nSPS) is 24.5. The second-order valence-corrected chi connectivity index (χ2v) is 11.2. The van der Waals surface area contributed by atoms with E-state index in [2.05, 4.69) is 39.0 Å². The van der Waals surface area contributed by atoms with E-state index in [0.717, 1.165) is 34.2 Å². The Labute approximate surface area is 174 Å². The van der Waals surface area contributed by atoms with Crippen molar-refractivity contribution < 1.29 is 9.09 Å². The van der Waals surface area contributed by atoms with E-state index in [0.29, 0.717) is 17.8 Å². The topological polar surface area (TPSA) is 26.3 Å². The van der Waals surface area contributed by atoms with Gasteiger partial charge >= 0.3 is 0 Å². The van der Waals surface area contributed by atoms with Crippen molar-refractivity contribution in [3.63, 3.8) is 0 Å². The molecule has 3 heteroatoms. The summed E-state index contributed by atoms with van der Waals surface area (Å²) in [5.41, 5.74) is 0. The lowest BCUT2D eigenvalue weighted by atomic mass is 9.75. The maximum absolute atomic E-state index is 14.8. The first kappa shape index (κ1) is 20.4. The van der Waals surface area contributed by atoms with Crippen LogP contribution in [0.25, 0.3) is 10.8 Å². The van der Waals surface area contributed by atoms with E-state index in [-0.39, 0.29) is 6.10 Å². The van der Waals surface area contributed by atoms with E-state index < -0.39 is 7.37 Å². The Hall–Kier alpha value is -1.89. The molecule has 0 radical (unpaired) electrons. The largest absolute Gasteiger partial charge is 0.318 e. The van der Waals surface area contributed by atoms with Gasteiger partial charge in [-0.05, 0) is 59.6 Å². The van der Waals surface area contributed by atoms with Gasteiger partial charge in [0.15, 0.2) is 0 Å². The first-order chi connectivity index (χ1) is 14.0. The highest BCUT2D eigenvalue weighted by atomic mass is 31.2. The van der Waals surface area contributed by atoms with Crippen molar-refractivity contribution >= 4 is 28.8 Å². The summed E-state index contributed by atoms with van der Waals surface area (Å²) in [6.45, 7) is 6.82. The summed E-state index contributed by atoms with van der Waals surface area (Å²) in [7, 11) is -3.24. The third-order valence-corrected chi connectivity index (χ3v) is 8.99. The van der Waals surface area contributed by atoms with Gasteiger partial charge in [0.05, 0.1) is 6.10 Å². The number of hydrogen-bond donors (Lipinski definition) is 0. The highest BCUT2D eigenvalue weighted by molar-refractivity contribution is 7.74. The summed E-state index contributed by atoms with van der Waals surface area (Å²) >= 11 is 0. The summed E-state index contributed by atoms with van der Waals surface area (Å²) in [6, 6.07) is 24.1. The summed E-state index contributed by atoms with van der Waals surface area (Å²) in [4.78, 5) is 0. The van der Waals surface area contributed by atoms with E-state index in [4.69, 9.17) is 4.52 Å². The molecular formula is C26H31O2P. The molecule has 0 spiro atoms. The minimum Gasteiger partial charge on any atom is -0.318 e. The Kier molecular flexibility index (Phi) is 5.95. The van der Waals surface area contributed by atoms with Crippen molar-refractivity contribution in [1.29, 1.82) is 0 Å². The average molecular weight is 407 g/mol. The van der Waals surface area contributed by atoms with Crippen molar-refractivity contribution in [3.8, 4) is 0 Å². The van der Waals surface area contributed by atoms with E-state index >= 15 is 0 Å². The van der Waals surface area contributed by atoms with Crippen LogP contribution in [0.15, 0.2) is 72.8 Å². The van der Waals surface area contributed by atoms with Crippen LogP contribution in [0, 0.1) is 17.8 Å². The Balaban J connectivity index is 1.85. The predicted octanol–water partition coefficient (Wildman–Crippen LogP) is 6.55. The highest BCUT2D eigenvalue weighted by Gasteiger charge is 2.39. The predicted molar refractivity (Wildman–Crippen MR) is 123 cm³/mol. The zero-order valence-electron chi connectivity index (χ0n) is 17.6. The molecule has 1 aliphatic carbocycles. The van der Waals surface area contributed by atoms with Crippen LogP contribution in [-0.2, 0) is 9.09 Å². The van der Waals surface area contributed by atoms with Crippen molar-refractivity contribution in [3.05, 3.63) is 72.8 Å². The monoisotopic (exact) mass is 406 g/mol. The minimum atomic E-state index is -3.24. The number of hydrogen-bond acceptors (Lipinski definition) is 2. The van der Waals surface area contributed by atoms with Crippen LogP contribution in [0.1, 0.15) is 40.0 Å². The molecule has 4 atom stereocenters. The van der Waals surface area contributed by atoms with E-state index in [1.165, 1.54) is 6.42 Å². The van der Waals surface area contributed by atoms with Crippen LogP contribution in [0.3, 0.4) is 0 Å². The Morgan fingerprint density at radius 3 is 2.34 bits per heavy atom. The van der Waals surface area contributed by atoms with Gasteiger partial charge in [0.2, 0.25) is 0 Å². The molecule has 0 amide bonds. The van der Waals surface area contributed by atoms with Crippen LogP contribution in [-0.4, -0.2) is 6.10 Å². The van der Waals surface area contributed by atoms with Gasteiger partial charge in [-0.1, -0.05) is 81.8 Å². The maximum atomic E-state index is 14.8. The van der Waals surface area contributed by atoms with Crippen LogP contribution < -0.4 is 10.6 Å². The molecule has 1 saturated carbocycles. The molecule has 152 valence electrons. The molecule has 2 nitrogen and oxygen atoms in total. The van der Waals surface area contributed by atoms with Gasteiger partial charge in [0.1, 0.15) is 0 Å². The molecule has 0 unspecified atom stereocenters. The first-order valence-electron chi connectivity index (χ1n) is 10.8. The molecule has 0 heterocycles. The van der Waals surface area contributed by atoms with E-state index in [1.807, 2.05) is 54.6 Å². The van der Waals surface area contributed by atoms with Crippen LogP contribution in [0.2, 0.25) is 0 Å². The standard InChI is InChI=1S/C26H31O2P/c1-19(2)23-17-16-20(3)18-25(23)28-29(27,22-12-5-4-6-13-22)26-15-9-11-21-10-7-8-14-24(21)26/h4-15,19-20,23,25H,16-18H2,1-3H3/t20-,23+,25-,29+/m1/s1. The quantitative estimate of drug-likeness (QED) is 0.449. The van der Waals surface area contributed by atoms with E-state index in [1.54, 1.807) is 0 Å². The van der Waals surface area contributed by atoms with Gasteiger partial charge in [-0.2, -0.15) is 0 Å². The molecule has 0 N–H and O–H groups in total. The molecule has 4 rings (SSSR count). The van der Waals surface area contributed by atoms with Crippen molar-refractivity contribution in [2.24, 2.45) is 17.8 Å². The molecule has 29 heavy (non-hydrogen) atoms. The van der Waals surface area contributed by atoms with Gasteiger partial charge in [0.25, 0.3) is 7.37 Å². The highest BCUT2D eigenvalue weighted by Crippen LogP contribution is 2.51. The first-order valence-corrected chi connectivity index (χ1v) is 12.4. The lowest BCUT2D eigenvalue weighted by Gasteiger charge is -2.39. The zero-order valence-corrected chi connectivity index (χ0v) is 18.5. The number of benzene rings is 3. The fourth-order valence-corrected chi connectivity index (χ4v) is 7.28. The van der Waals surface area contributed by atoms with Crippen LogP contribution >= 0.6 is 7.37 Å². The third kappa shape index (κ3) is 4.06. The lowest BCUT2D eigenvalue weighted by Crippen LogP contribution is -2.36. The molecule has 0 aromatic heterocycles. The molecule has 3 aromatic carbocycles. The molecule has 0 aliphatic heterocycles. The Morgan fingerprint density at radius 2 is 1.59 bits per heavy atom.